The molecule has 404 valence electrons. The van der Waals surface area contributed by atoms with Gasteiger partial charge in [0.05, 0.1) is 36.5 Å². The largest absolute Gasteiger partial charge is 0.480 e. The monoisotopic (exact) mass is 1080 g/mol. The number of rotatable bonds is 30. The van der Waals surface area contributed by atoms with Crippen molar-refractivity contribution in [3.8, 4) is 0 Å². The summed E-state index contributed by atoms with van der Waals surface area (Å²) in [5.41, 5.74) is 22.6. The zero-order valence-electron chi connectivity index (χ0n) is 57.9. The molecule has 6 atom stereocenters. The number of carboxylic acids is 4. The van der Waals surface area contributed by atoms with Gasteiger partial charge in [0.1, 0.15) is 42.3 Å². The lowest BCUT2D eigenvalue weighted by Gasteiger charge is -2.28. The summed E-state index contributed by atoms with van der Waals surface area (Å²) in [6.07, 6.45) is -23.8. The number of carboxylic acid groups (broad SMARTS) is 4. The first kappa shape index (κ1) is 36.2. The van der Waals surface area contributed by atoms with Crippen LogP contribution < -0.4 is 44.2 Å². The van der Waals surface area contributed by atoms with E-state index in [-0.39, 0.29) is 68.9 Å². The normalized spacial score (nSPS) is 27.7. The number of aromatic nitrogens is 4. The van der Waals surface area contributed by atoms with Gasteiger partial charge in [0.25, 0.3) is 0 Å². The number of hydrogen-bond acceptors (Lipinski definition) is 20. The van der Waals surface area contributed by atoms with Crippen LogP contribution in [-0.4, -0.2) is 207 Å². The molecule has 28 nitrogen and oxygen atoms in total. The van der Waals surface area contributed by atoms with Crippen molar-refractivity contribution in [3.05, 3.63) is 12.4 Å². The average Bonchev–Trinajstić information content (AvgIpc) is 0.760. The summed E-state index contributed by atoms with van der Waals surface area (Å²) in [7, 11) is 0. The summed E-state index contributed by atoms with van der Waals surface area (Å²) in [6.45, 7) is -18.4. The first-order chi connectivity index (χ1) is 41.6. The third kappa shape index (κ3) is 23.2. The molecule has 2 aliphatic heterocycles. The lowest BCUT2D eigenvalue weighted by molar-refractivity contribution is -0.140. The zero-order chi connectivity index (χ0) is 71.3. The number of nitrogen functional groups attached to an aromatic ring is 2. The standard InChI is InChI=1S/2C21H35N7O7S/c22-14(20(34)35)4-5-16(30)26-15(19(33)24-9-18(31)32)12-36-17-8-25-21(23)28(17)11-13(29)10-27-6-2-1-3-7-27;22-14(20(34)35)4-5-16(30)25-15(19(33)24-8-18(31)32)12-36-17-11-28(21(23)26-17)10-13(29)9-27-6-2-1-3-7-27/h8,13-15,29H,1-7,9-12,22H2,(H2,23,25)(H,24,33)(H,26,30)(H,31,32)(H,34,35);11,13-15,29H,1-10,12,22H2,(H2,23,26)(H,24,33)(H,25,30)(H,31,32)(H,34,35)/i2*1D2,2D2,3D2,6D2,7D2. The predicted molar refractivity (Wildman–Crippen MR) is 262 cm³/mol. The molecular formula is C42H70N14O14S2. The fourth-order valence-corrected chi connectivity index (χ4v) is 7.53. The van der Waals surface area contributed by atoms with Crippen LogP contribution in [0.3, 0.4) is 0 Å². The van der Waals surface area contributed by atoms with E-state index < -0.39 is 187 Å². The molecule has 30 heteroatoms. The molecular weight excluding hydrogens is 989 g/mol. The highest BCUT2D eigenvalue weighted by atomic mass is 32.2. The first-order valence-corrected chi connectivity index (χ1v) is 23.0. The van der Waals surface area contributed by atoms with Gasteiger partial charge in [-0.3, -0.25) is 38.4 Å². The van der Waals surface area contributed by atoms with Gasteiger partial charge < -0.3 is 93.8 Å². The molecule has 0 bridgehead atoms. The van der Waals surface area contributed by atoms with Crippen LogP contribution in [0.15, 0.2) is 22.4 Å². The molecule has 2 fully saturated rings. The minimum absolute atomic E-state index is 0.0700. The number of hydrogen-bond donors (Lipinski definition) is 14. The maximum Gasteiger partial charge on any atom is 0.322 e. The van der Waals surface area contributed by atoms with E-state index in [0.717, 1.165) is 32.7 Å². The topological polar surface area (TPSA) is 452 Å². The molecule has 0 radical (unpaired) electrons. The number of aliphatic carboxylic acids is 4. The van der Waals surface area contributed by atoms with Crippen LogP contribution >= 0.6 is 23.5 Å². The minimum Gasteiger partial charge on any atom is -0.480 e. The molecule has 2 aromatic heterocycles. The van der Waals surface area contributed by atoms with E-state index >= 15 is 0 Å². The molecule has 0 aromatic carbocycles. The Bertz CT molecular complexity index is 2970. The second-order valence-electron chi connectivity index (χ2n) is 14.9. The van der Waals surface area contributed by atoms with E-state index in [0.29, 0.717) is 0 Å². The third-order valence-electron chi connectivity index (χ3n) is 9.16. The summed E-state index contributed by atoms with van der Waals surface area (Å²) in [6, 6.07) is -5.39. The second kappa shape index (κ2) is 31.6. The van der Waals surface area contributed by atoms with Gasteiger partial charge in [0, 0.05) is 71.0 Å². The summed E-state index contributed by atoms with van der Waals surface area (Å²) in [5, 5.41) is 66.2. The molecule has 2 aromatic rings. The third-order valence-corrected chi connectivity index (χ3v) is 11.3. The molecule has 0 saturated carbocycles. The molecule has 0 aliphatic carbocycles. The smallest absolute Gasteiger partial charge is 0.322 e. The highest BCUT2D eigenvalue weighted by Crippen LogP contribution is 2.24. The fourth-order valence-electron chi connectivity index (χ4n) is 5.58. The van der Waals surface area contributed by atoms with E-state index in [1.54, 1.807) is 0 Å². The maximum atomic E-state index is 12.6. The van der Waals surface area contributed by atoms with Crippen LogP contribution in [0.1, 0.15) is 91.3 Å². The number of nitrogens with two attached hydrogens (primary N) is 4. The van der Waals surface area contributed by atoms with Crippen molar-refractivity contribution in [2.24, 2.45) is 11.5 Å². The van der Waals surface area contributed by atoms with Crippen molar-refractivity contribution >= 4 is 82.9 Å². The van der Waals surface area contributed by atoms with Crippen LogP contribution in [0, 0.1) is 0 Å². The number of anilines is 2. The highest BCUT2D eigenvalue weighted by Gasteiger charge is 2.27. The number of amides is 4. The molecule has 4 amide bonds. The predicted octanol–water partition coefficient (Wildman–Crippen LogP) is -3.44. The lowest BCUT2D eigenvalue weighted by Crippen LogP contribution is -2.49. The van der Waals surface area contributed by atoms with Crippen molar-refractivity contribution in [2.45, 2.75) is 123 Å². The van der Waals surface area contributed by atoms with E-state index in [1.165, 1.54) is 12.4 Å². The Morgan fingerprint density at radius 1 is 0.653 bits per heavy atom. The van der Waals surface area contributed by atoms with Crippen molar-refractivity contribution in [1.82, 2.24) is 50.2 Å². The average molecular weight is 1080 g/mol. The van der Waals surface area contributed by atoms with Crippen LogP contribution in [-0.2, 0) is 51.4 Å². The number of nitrogens with zero attached hydrogens (tertiary/aromatic N) is 6. The molecule has 2 aliphatic rings. The summed E-state index contributed by atoms with van der Waals surface area (Å²) in [5.74, 6) is -9.72. The number of imidazole rings is 2. The Balaban J connectivity index is 0.000000480. The van der Waals surface area contributed by atoms with Gasteiger partial charge in [0.15, 0.2) is 0 Å². The van der Waals surface area contributed by atoms with Crippen molar-refractivity contribution in [3.63, 3.8) is 0 Å². The SMILES string of the molecule is [2H]C1([2H])N(CC(O)Cn2c(SCC(NC(=O)CCC(N)C(=O)O)C(=O)NCC(=O)O)cnc2N)C([2H])([2H])C([2H])([2H])C([2H])([2H])C1([2H])[2H].[2H]C1([2H])N(CC(O)Cn2cc(SCC(NC(=O)CCC(N)C(=O)O)C(=O)NCC(=O)O)nc2N)C([2H])([2H])C([2H])([2H])C([2H])([2H])C1([2H])[2H]. The zero-order valence-corrected chi connectivity index (χ0v) is 39.5. The fraction of sp³-hybridized carbons (Fsp3) is 0.667. The van der Waals surface area contributed by atoms with Gasteiger partial charge in [-0.15, -0.1) is 23.5 Å². The molecule has 72 heavy (non-hydrogen) atoms. The highest BCUT2D eigenvalue weighted by molar-refractivity contribution is 7.99. The van der Waals surface area contributed by atoms with E-state index in [9.17, 15) is 48.6 Å². The Labute approximate surface area is 451 Å². The Morgan fingerprint density at radius 3 is 1.54 bits per heavy atom. The molecule has 18 N–H and O–H groups in total. The molecule has 6 unspecified atom stereocenters. The number of aliphatic hydroxyl groups is 2. The van der Waals surface area contributed by atoms with E-state index in [1.807, 2.05) is 0 Å². The molecule has 2 saturated heterocycles. The van der Waals surface area contributed by atoms with E-state index in [4.69, 9.17) is 70.8 Å². The number of likely N-dealkylation sites (tertiary alicyclic amines) is 2. The quantitative estimate of drug-likeness (QED) is 0.0339. The van der Waals surface area contributed by atoms with Gasteiger partial charge in [-0.25, -0.2) is 9.97 Å². The number of thioether (sulfide) groups is 2. The number of aliphatic hydroxyl groups excluding tert-OH is 2. The number of carbonyl (C=O) groups excluding carboxylic acids is 4. The summed E-state index contributed by atoms with van der Waals surface area (Å²) < 4.78 is 163. The Morgan fingerprint density at radius 2 is 1.10 bits per heavy atom. The molecule has 4 rings (SSSR count). The molecule has 0 spiro atoms. The van der Waals surface area contributed by atoms with Crippen LogP contribution in [0.5, 0.6) is 0 Å². The number of carbonyl (C=O) groups is 8. The van der Waals surface area contributed by atoms with Gasteiger partial charge >= 0.3 is 23.9 Å². The van der Waals surface area contributed by atoms with Crippen LogP contribution in [0.4, 0.5) is 11.9 Å². The second-order valence-corrected chi connectivity index (χ2v) is 17.0. The summed E-state index contributed by atoms with van der Waals surface area (Å²) >= 11 is 1.69. The first-order valence-electron chi connectivity index (χ1n) is 31.0. The maximum absolute atomic E-state index is 12.6. The van der Waals surface area contributed by atoms with Crippen LogP contribution in [0.25, 0.3) is 0 Å². The number of nitrogens with one attached hydrogen (secondary N) is 4. The summed E-state index contributed by atoms with van der Waals surface area (Å²) in [4.78, 5) is 102. The Hall–Kier alpha value is -5.76. The van der Waals surface area contributed by atoms with Crippen molar-refractivity contribution in [2.75, 3.05) is 75.1 Å². The Kier molecular flexibility index (Phi) is 15.9. The van der Waals surface area contributed by atoms with Gasteiger partial charge in [-0.2, -0.15) is 0 Å². The lowest BCUT2D eigenvalue weighted by atomic mass is 10.1. The molecule has 4 heterocycles. The van der Waals surface area contributed by atoms with Crippen molar-refractivity contribution < 1.29 is 96.4 Å². The number of piperidine rings is 2. The van der Waals surface area contributed by atoms with Gasteiger partial charge in [0.2, 0.25) is 35.5 Å². The van der Waals surface area contributed by atoms with E-state index in [2.05, 4.69) is 31.2 Å². The van der Waals surface area contributed by atoms with Gasteiger partial charge in [-0.05, 0) is 64.3 Å². The van der Waals surface area contributed by atoms with Gasteiger partial charge in [-0.1, -0.05) is 12.7 Å². The van der Waals surface area contributed by atoms with Crippen LogP contribution in [0.2, 0.25) is 0 Å². The van der Waals surface area contributed by atoms with Crippen molar-refractivity contribution in [1.29, 1.82) is 0 Å². The minimum atomic E-state index is -3.63. The number of β-amino-alcohol motifs (C(OH)–C–C–N with tert-alkyl or cyclic N) is 2.